The van der Waals surface area contributed by atoms with E-state index in [1.165, 1.54) is 0 Å². The third kappa shape index (κ3) is 2.60. The monoisotopic (exact) mass is 243 g/mol. The number of nitrogens with zero attached hydrogens (tertiary/aromatic N) is 1. The standard InChI is InChI=1S/C10H13NO2S2/c1-13-5-2-4-11-7-9(12)8-3-6-14-10(8)15-11/h3,6H,2,4-5,7H2,1H3. The second-order valence-corrected chi connectivity index (χ2v) is 5.63. The van der Waals surface area contributed by atoms with Crippen LogP contribution in [0.3, 0.4) is 0 Å². The Bertz CT molecular complexity index is 351. The van der Waals surface area contributed by atoms with Gasteiger partial charge in [-0.25, -0.2) is 4.31 Å². The second-order valence-electron chi connectivity index (χ2n) is 3.35. The summed E-state index contributed by atoms with van der Waals surface area (Å²) in [5.41, 5.74) is 0.896. The normalized spacial score (nSPS) is 16.7. The van der Waals surface area contributed by atoms with Crippen LogP contribution >= 0.6 is 23.3 Å². The fraction of sp³-hybridized carbons (Fsp3) is 0.500. The van der Waals surface area contributed by atoms with Crippen LogP contribution in [0.1, 0.15) is 16.8 Å². The molecule has 0 N–H and O–H groups in total. The zero-order chi connectivity index (χ0) is 10.7. The first-order chi connectivity index (χ1) is 7.31. The average molecular weight is 243 g/mol. The predicted octanol–water partition coefficient (Wildman–Crippen LogP) is 2.29. The van der Waals surface area contributed by atoms with E-state index in [9.17, 15) is 4.79 Å². The highest BCUT2D eigenvalue weighted by atomic mass is 32.2. The average Bonchev–Trinajstić information content (AvgIpc) is 2.66. The van der Waals surface area contributed by atoms with E-state index < -0.39 is 0 Å². The van der Waals surface area contributed by atoms with Gasteiger partial charge in [-0.3, -0.25) is 4.79 Å². The highest BCUT2D eigenvalue weighted by molar-refractivity contribution is 7.99. The number of ketones is 1. The van der Waals surface area contributed by atoms with E-state index in [4.69, 9.17) is 4.74 Å². The SMILES string of the molecule is COCCCN1CC(=O)c2ccsc2S1. The van der Waals surface area contributed by atoms with Crippen LogP contribution in [0.5, 0.6) is 0 Å². The van der Waals surface area contributed by atoms with Gasteiger partial charge < -0.3 is 4.74 Å². The zero-order valence-corrected chi connectivity index (χ0v) is 10.2. The van der Waals surface area contributed by atoms with Gasteiger partial charge in [-0.15, -0.1) is 11.3 Å². The molecular weight excluding hydrogens is 230 g/mol. The van der Waals surface area contributed by atoms with E-state index in [1.807, 2.05) is 11.4 Å². The van der Waals surface area contributed by atoms with Crippen molar-refractivity contribution in [3.8, 4) is 0 Å². The Morgan fingerprint density at radius 1 is 1.60 bits per heavy atom. The van der Waals surface area contributed by atoms with Crippen LogP contribution in [-0.4, -0.2) is 36.9 Å². The Morgan fingerprint density at radius 2 is 2.47 bits per heavy atom. The molecule has 0 radical (unpaired) electrons. The molecule has 0 atom stereocenters. The van der Waals surface area contributed by atoms with Gasteiger partial charge >= 0.3 is 0 Å². The van der Waals surface area contributed by atoms with Crippen LogP contribution in [0.4, 0.5) is 0 Å². The molecule has 3 nitrogen and oxygen atoms in total. The molecule has 5 heteroatoms. The molecule has 1 aliphatic rings. The van der Waals surface area contributed by atoms with E-state index >= 15 is 0 Å². The largest absolute Gasteiger partial charge is 0.385 e. The topological polar surface area (TPSA) is 29.5 Å². The maximum absolute atomic E-state index is 11.7. The van der Waals surface area contributed by atoms with Crippen molar-refractivity contribution < 1.29 is 9.53 Å². The summed E-state index contributed by atoms with van der Waals surface area (Å²) in [6.07, 6.45) is 0.970. The van der Waals surface area contributed by atoms with Crippen LogP contribution in [0, 0.1) is 0 Å². The van der Waals surface area contributed by atoms with Gasteiger partial charge in [0, 0.05) is 25.8 Å². The summed E-state index contributed by atoms with van der Waals surface area (Å²) < 4.78 is 8.24. The van der Waals surface area contributed by atoms with E-state index in [2.05, 4.69) is 4.31 Å². The van der Waals surface area contributed by atoms with Crippen LogP contribution in [0.25, 0.3) is 0 Å². The van der Waals surface area contributed by atoms with Gasteiger partial charge in [0.05, 0.1) is 10.8 Å². The maximum atomic E-state index is 11.7. The molecule has 2 heterocycles. The van der Waals surface area contributed by atoms with Crippen molar-refractivity contribution in [3.63, 3.8) is 0 Å². The third-order valence-electron chi connectivity index (χ3n) is 2.22. The molecule has 0 aromatic carbocycles. The minimum atomic E-state index is 0.238. The van der Waals surface area contributed by atoms with E-state index in [0.29, 0.717) is 6.54 Å². The van der Waals surface area contributed by atoms with Gasteiger partial charge in [-0.05, 0) is 29.8 Å². The number of rotatable bonds is 4. The van der Waals surface area contributed by atoms with Gasteiger partial charge in [0.1, 0.15) is 0 Å². The van der Waals surface area contributed by atoms with Crippen molar-refractivity contribution in [2.75, 3.05) is 26.8 Å². The molecule has 82 valence electrons. The highest BCUT2D eigenvalue weighted by Crippen LogP contribution is 2.35. The number of hydrogen-bond acceptors (Lipinski definition) is 5. The minimum Gasteiger partial charge on any atom is -0.385 e. The lowest BCUT2D eigenvalue weighted by Gasteiger charge is -2.23. The molecular formula is C10H13NO2S2. The lowest BCUT2D eigenvalue weighted by atomic mass is 10.2. The molecule has 0 spiro atoms. The number of carbonyl (C=O) groups excluding carboxylic acids is 1. The fourth-order valence-electron chi connectivity index (χ4n) is 1.48. The molecule has 15 heavy (non-hydrogen) atoms. The summed E-state index contributed by atoms with van der Waals surface area (Å²) in [4.78, 5) is 11.7. The summed E-state index contributed by atoms with van der Waals surface area (Å²) in [5, 5.41) is 1.98. The molecule has 0 amide bonds. The summed E-state index contributed by atoms with van der Waals surface area (Å²) in [6.45, 7) is 2.18. The maximum Gasteiger partial charge on any atom is 0.179 e. The number of fused-ring (bicyclic) bond motifs is 1. The van der Waals surface area contributed by atoms with E-state index in [-0.39, 0.29) is 5.78 Å². The first kappa shape index (κ1) is 11.1. The third-order valence-corrected chi connectivity index (χ3v) is 4.39. The van der Waals surface area contributed by atoms with Gasteiger partial charge in [0.25, 0.3) is 0 Å². The zero-order valence-electron chi connectivity index (χ0n) is 8.56. The highest BCUT2D eigenvalue weighted by Gasteiger charge is 2.24. The van der Waals surface area contributed by atoms with Crippen molar-refractivity contribution in [2.24, 2.45) is 0 Å². The summed E-state index contributed by atoms with van der Waals surface area (Å²) in [6, 6.07) is 1.92. The number of methoxy groups -OCH3 is 1. The molecule has 0 fully saturated rings. The molecule has 1 aliphatic heterocycles. The minimum absolute atomic E-state index is 0.238. The quantitative estimate of drug-likeness (QED) is 0.599. The number of carbonyl (C=O) groups is 1. The smallest absolute Gasteiger partial charge is 0.179 e. The summed E-state index contributed by atoms with van der Waals surface area (Å²) in [5.74, 6) is 0.238. The van der Waals surface area contributed by atoms with Crippen molar-refractivity contribution in [1.29, 1.82) is 0 Å². The summed E-state index contributed by atoms with van der Waals surface area (Å²) >= 11 is 3.33. The lowest BCUT2D eigenvalue weighted by molar-refractivity contribution is 0.0959. The predicted molar refractivity (Wildman–Crippen MR) is 62.6 cm³/mol. The number of ether oxygens (including phenoxy) is 1. The van der Waals surface area contributed by atoms with Crippen LogP contribution < -0.4 is 0 Å². The second kappa shape index (κ2) is 5.12. The molecule has 1 aromatic rings. The van der Waals surface area contributed by atoms with Crippen molar-refractivity contribution in [2.45, 2.75) is 10.6 Å². The van der Waals surface area contributed by atoms with Crippen LogP contribution in [-0.2, 0) is 4.74 Å². The first-order valence-electron chi connectivity index (χ1n) is 4.84. The van der Waals surface area contributed by atoms with Gasteiger partial charge in [0.15, 0.2) is 5.78 Å². The number of hydrogen-bond donors (Lipinski definition) is 0. The first-order valence-corrected chi connectivity index (χ1v) is 6.49. The Labute approximate surface area is 97.5 Å². The Morgan fingerprint density at radius 3 is 3.27 bits per heavy atom. The van der Waals surface area contributed by atoms with Gasteiger partial charge in [0.2, 0.25) is 0 Å². The fourth-order valence-corrected chi connectivity index (χ4v) is 3.69. The van der Waals surface area contributed by atoms with Crippen molar-refractivity contribution in [3.05, 3.63) is 17.0 Å². The Hall–Kier alpha value is -0.360. The van der Waals surface area contributed by atoms with Crippen LogP contribution in [0.2, 0.25) is 0 Å². The molecule has 0 unspecified atom stereocenters. The van der Waals surface area contributed by atoms with E-state index in [1.54, 1.807) is 30.4 Å². The molecule has 0 bridgehead atoms. The Balaban J connectivity index is 1.94. The van der Waals surface area contributed by atoms with Gasteiger partial charge in [-0.2, -0.15) is 0 Å². The van der Waals surface area contributed by atoms with Crippen LogP contribution in [0.15, 0.2) is 15.7 Å². The summed E-state index contributed by atoms with van der Waals surface area (Å²) in [7, 11) is 1.70. The van der Waals surface area contributed by atoms with Gasteiger partial charge in [-0.1, -0.05) is 0 Å². The van der Waals surface area contributed by atoms with E-state index in [0.717, 1.165) is 29.3 Å². The molecule has 2 rings (SSSR count). The Kier molecular flexibility index (Phi) is 3.80. The molecule has 0 aliphatic carbocycles. The molecule has 0 saturated carbocycles. The molecule has 0 saturated heterocycles. The lowest BCUT2D eigenvalue weighted by Crippen LogP contribution is -2.28. The van der Waals surface area contributed by atoms with Crippen molar-refractivity contribution in [1.82, 2.24) is 4.31 Å². The number of thiophene rings is 1. The number of Topliss-reactive ketones (excluding diaryl/α,β-unsaturated/α-hetero) is 1. The van der Waals surface area contributed by atoms with Crippen molar-refractivity contribution >= 4 is 29.1 Å². The molecule has 1 aromatic heterocycles.